The van der Waals surface area contributed by atoms with Crippen LogP contribution in [0.4, 0.5) is 10.1 Å². The molecule has 0 heterocycles. The van der Waals surface area contributed by atoms with Gasteiger partial charge in [0.25, 0.3) is 0 Å². The van der Waals surface area contributed by atoms with E-state index in [0.29, 0.717) is 4.99 Å². The number of hydrogen-bond acceptors (Lipinski definition) is 2. The van der Waals surface area contributed by atoms with Crippen LogP contribution < -0.4 is 4.90 Å². The van der Waals surface area contributed by atoms with Gasteiger partial charge >= 0.3 is 0 Å². The van der Waals surface area contributed by atoms with Crippen LogP contribution in [0.5, 0.6) is 0 Å². The molecule has 2 rings (SSSR count). The Hall–Kier alpha value is -1.65. The first-order valence-corrected chi connectivity index (χ1v) is 6.61. The van der Waals surface area contributed by atoms with Gasteiger partial charge in [0.2, 0.25) is 0 Å². The van der Waals surface area contributed by atoms with Crippen LogP contribution in [0.25, 0.3) is 0 Å². The molecule has 0 aromatic heterocycles. The molecule has 0 saturated carbocycles. The van der Waals surface area contributed by atoms with Gasteiger partial charge in [-0.1, -0.05) is 48.7 Å². The van der Waals surface area contributed by atoms with Gasteiger partial charge in [0, 0.05) is 11.3 Å². The zero-order valence-corrected chi connectivity index (χ0v) is 12.0. The van der Waals surface area contributed by atoms with Crippen LogP contribution in [0.2, 0.25) is 0 Å². The Balaban J connectivity index is 2.38. The summed E-state index contributed by atoms with van der Waals surface area (Å²) in [5.74, 6) is -0.283. The summed E-state index contributed by atoms with van der Waals surface area (Å²) in [7, 11) is 0. The zero-order valence-electron chi connectivity index (χ0n) is 10.3. The molecule has 0 aliphatic heterocycles. The summed E-state index contributed by atoms with van der Waals surface area (Å²) in [4.78, 5) is 2.31. The number of halogens is 1. The molecule has 4 heteroatoms. The van der Waals surface area contributed by atoms with Crippen LogP contribution in [0, 0.1) is 12.7 Å². The topological polar surface area (TPSA) is 3.24 Å². The van der Waals surface area contributed by atoms with Crippen molar-refractivity contribution >= 4 is 40.6 Å². The minimum atomic E-state index is -0.283. The number of thiocarbonyl (C=S) groups is 2. The quantitative estimate of drug-likeness (QED) is 0.777. The van der Waals surface area contributed by atoms with Crippen molar-refractivity contribution in [3.8, 4) is 0 Å². The molecule has 0 spiro atoms. The summed E-state index contributed by atoms with van der Waals surface area (Å²) in [6.45, 7) is 1.99. The highest BCUT2D eigenvalue weighted by molar-refractivity contribution is 7.82. The molecule has 0 bridgehead atoms. The first kappa shape index (κ1) is 13.8. The van der Waals surface area contributed by atoms with E-state index < -0.39 is 0 Å². The zero-order chi connectivity index (χ0) is 13.8. The van der Waals surface area contributed by atoms with E-state index in [4.69, 9.17) is 24.4 Å². The van der Waals surface area contributed by atoms with Crippen LogP contribution >= 0.6 is 24.4 Å². The fourth-order valence-corrected chi connectivity index (χ4v) is 2.45. The normalized spacial score (nSPS) is 10.0. The second kappa shape index (κ2) is 5.99. The SMILES string of the molecule is Cc1ccccc1C(=S)N(C=S)c1ccc(F)cc1. The maximum absolute atomic E-state index is 13.0. The molecule has 0 fully saturated rings. The molecule has 0 amide bonds. The van der Waals surface area contributed by atoms with Crippen molar-refractivity contribution in [2.45, 2.75) is 6.92 Å². The first-order chi connectivity index (χ1) is 9.13. The second-order valence-corrected chi connectivity index (χ2v) is 4.67. The summed E-state index contributed by atoms with van der Waals surface area (Å²) in [6.07, 6.45) is 0. The van der Waals surface area contributed by atoms with E-state index in [1.807, 2.05) is 31.2 Å². The third-order valence-electron chi connectivity index (χ3n) is 2.80. The van der Waals surface area contributed by atoms with Crippen LogP contribution in [0.15, 0.2) is 48.5 Å². The average Bonchev–Trinajstić information content (AvgIpc) is 2.42. The van der Waals surface area contributed by atoms with Gasteiger partial charge in [-0.25, -0.2) is 4.39 Å². The van der Waals surface area contributed by atoms with Crippen LogP contribution in [-0.4, -0.2) is 10.5 Å². The maximum Gasteiger partial charge on any atom is 0.123 e. The standard InChI is InChI=1S/C15H12FNS2/c1-11-4-2-3-5-14(11)15(19)17(10-18)13-8-6-12(16)7-9-13/h2-10H,1H3. The van der Waals surface area contributed by atoms with Crippen molar-refractivity contribution < 1.29 is 4.39 Å². The van der Waals surface area contributed by atoms with Gasteiger partial charge < -0.3 is 0 Å². The molecule has 2 aromatic rings. The highest BCUT2D eigenvalue weighted by atomic mass is 32.1. The highest BCUT2D eigenvalue weighted by Crippen LogP contribution is 2.19. The predicted octanol–water partition coefficient (Wildman–Crippen LogP) is 4.27. The molecule has 0 aliphatic carbocycles. The van der Waals surface area contributed by atoms with E-state index in [-0.39, 0.29) is 5.82 Å². The van der Waals surface area contributed by atoms with E-state index >= 15 is 0 Å². The highest BCUT2D eigenvalue weighted by Gasteiger charge is 2.13. The Kier molecular flexibility index (Phi) is 4.35. The lowest BCUT2D eigenvalue weighted by molar-refractivity contribution is 0.628. The van der Waals surface area contributed by atoms with Gasteiger partial charge in [0.1, 0.15) is 10.8 Å². The molecule has 0 aliphatic rings. The van der Waals surface area contributed by atoms with Crippen molar-refractivity contribution in [3.63, 3.8) is 0 Å². The number of hydrogen-bond donors (Lipinski definition) is 0. The number of benzene rings is 2. The van der Waals surface area contributed by atoms with Crippen molar-refractivity contribution in [1.29, 1.82) is 0 Å². The summed E-state index contributed by atoms with van der Waals surface area (Å²) >= 11 is 10.5. The summed E-state index contributed by atoms with van der Waals surface area (Å²) in [5.41, 5.74) is 4.26. The minimum Gasteiger partial charge on any atom is -0.297 e. The summed E-state index contributed by atoms with van der Waals surface area (Å²) in [6, 6.07) is 13.9. The molecule has 0 radical (unpaired) electrons. The molecule has 0 saturated heterocycles. The van der Waals surface area contributed by atoms with Crippen molar-refractivity contribution in [2.75, 3.05) is 4.90 Å². The monoisotopic (exact) mass is 289 g/mol. The first-order valence-electron chi connectivity index (χ1n) is 5.73. The molecule has 0 N–H and O–H groups in total. The van der Waals surface area contributed by atoms with Crippen LogP contribution in [0.3, 0.4) is 0 Å². The van der Waals surface area contributed by atoms with Gasteiger partial charge in [-0.3, -0.25) is 4.90 Å². The number of aryl methyl sites for hydroxylation is 1. The van der Waals surface area contributed by atoms with Crippen LogP contribution in [-0.2, 0) is 0 Å². The van der Waals surface area contributed by atoms with E-state index in [9.17, 15) is 4.39 Å². The van der Waals surface area contributed by atoms with Gasteiger partial charge in [-0.2, -0.15) is 0 Å². The van der Waals surface area contributed by atoms with E-state index in [1.54, 1.807) is 17.0 Å². The Morgan fingerprint density at radius 2 is 1.74 bits per heavy atom. The van der Waals surface area contributed by atoms with Crippen molar-refractivity contribution in [2.24, 2.45) is 0 Å². The molecule has 1 nitrogen and oxygen atoms in total. The van der Waals surface area contributed by atoms with Gasteiger partial charge in [-0.05, 0) is 36.8 Å². The van der Waals surface area contributed by atoms with E-state index in [0.717, 1.165) is 16.8 Å². The Bertz CT molecular complexity index is 608. The predicted molar refractivity (Wildman–Crippen MR) is 85.4 cm³/mol. The summed E-state index contributed by atoms with van der Waals surface area (Å²) in [5, 5.41) is 0. The van der Waals surface area contributed by atoms with Crippen molar-refractivity contribution in [1.82, 2.24) is 0 Å². The maximum atomic E-state index is 13.0. The fourth-order valence-electron chi connectivity index (χ4n) is 1.77. The summed E-state index contributed by atoms with van der Waals surface area (Å²) < 4.78 is 13.0. The van der Waals surface area contributed by atoms with E-state index in [1.165, 1.54) is 17.6 Å². The molecule has 96 valence electrons. The van der Waals surface area contributed by atoms with Gasteiger partial charge in [0.05, 0.1) is 5.49 Å². The molecular weight excluding hydrogens is 277 g/mol. The number of rotatable bonds is 3. The lowest BCUT2D eigenvalue weighted by Gasteiger charge is -2.21. The molecule has 19 heavy (non-hydrogen) atoms. The Labute approximate surface area is 122 Å². The molecule has 2 aromatic carbocycles. The lowest BCUT2D eigenvalue weighted by Crippen LogP contribution is -2.28. The fraction of sp³-hybridized carbons (Fsp3) is 0.0667. The Morgan fingerprint density at radius 3 is 2.32 bits per heavy atom. The van der Waals surface area contributed by atoms with E-state index in [2.05, 4.69) is 0 Å². The van der Waals surface area contributed by atoms with Gasteiger partial charge in [-0.15, -0.1) is 0 Å². The minimum absolute atomic E-state index is 0.283. The Morgan fingerprint density at radius 1 is 1.11 bits per heavy atom. The van der Waals surface area contributed by atoms with Crippen LogP contribution in [0.1, 0.15) is 11.1 Å². The average molecular weight is 289 g/mol. The number of nitrogens with zero attached hydrogens (tertiary/aromatic N) is 1. The molecule has 0 atom stereocenters. The molecule has 0 unspecified atom stereocenters. The third-order valence-corrected chi connectivity index (χ3v) is 3.43. The molecular formula is C15H12FNS2. The lowest BCUT2D eigenvalue weighted by atomic mass is 10.1. The number of anilines is 1. The van der Waals surface area contributed by atoms with Gasteiger partial charge in [0.15, 0.2) is 0 Å². The largest absolute Gasteiger partial charge is 0.297 e. The van der Waals surface area contributed by atoms with Crippen molar-refractivity contribution in [3.05, 3.63) is 65.5 Å². The smallest absolute Gasteiger partial charge is 0.123 e. The third kappa shape index (κ3) is 3.03. The second-order valence-electron chi connectivity index (χ2n) is 4.07.